The number of nitrogens with zero attached hydrogens (tertiary/aromatic N) is 1. The molecule has 0 N–H and O–H groups in total. The molecule has 7 aromatic rings. The van der Waals surface area contributed by atoms with Gasteiger partial charge in [-0.25, -0.2) is 0 Å². The lowest BCUT2D eigenvalue weighted by atomic mass is 9.83. The molecule has 0 amide bonds. The van der Waals surface area contributed by atoms with E-state index in [0.717, 1.165) is 38.4 Å². The van der Waals surface area contributed by atoms with E-state index in [1.165, 1.54) is 38.2 Å². The average molecular weight is 544 g/mol. The molecule has 0 spiro atoms. The van der Waals surface area contributed by atoms with E-state index >= 15 is 0 Å². The maximum Gasteiger partial charge on any atom is 0.141 e. The summed E-state index contributed by atoms with van der Waals surface area (Å²) in [4.78, 5) is 4.29. The predicted molar refractivity (Wildman–Crippen MR) is 174 cm³/mol. The van der Waals surface area contributed by atoms with Gasteiger partial charge in [-0.15, -0.1) is 0 Å². The van der Waals surface area contributed by atoms with Gasteiger partial charge in [0, 0.05) is 28.6 Å². The molecule has 0 fully saturated rings. The van der Waals surface area contributed by atoms with Crippen LogP contribution < -0.4 is 10.6 Å². The number of rotatable bonds is 3. The first-order chi connectivity index (χ1) is 20.1. The lowest BCUT2D eigenvalue weighted by molar-refractivity contribution is 0.591. The van der Waals surface area contributed by atoms with Gasteiger partial charge in [-0.1, -0.05) is 121 Å². The normalized spacial score (nSPS) is 15.6. The fraction of sp³-hybridized carbons (Fsp3) is 0.0263. The Morgan fingerprint density at radius 1 is 0.463 bits per heavy atom. The molecule has 1 atom stereocenters. The Balaban J connectivity index is 1.44. The van der Waals surface area contributed by atoms with Crippen molar-refractivity contribution in [2.45, 2.75) is 0 Å². The molecule has 1 aromatic heterocycles. The zero-order valence-electron chi connectivity index (χ0n) is 22.6. The van der Waals surface area contributed by atoms with E-state index in [1.807, 2.05) is 31.1 Å². The van der Waals surface area contributed by atoms with Crippen LogP contribution in [0.4, 0.5) is 0 Å². The highest BCUT2D eigenvalue weighted by Gasteiger charge is 2.36. The van der Waals surface area contributed by atoms with Gasteiger partial charge >= 0.3 is 0 Å². The van der Waals surface area contributed by atoms with Gasteiger partial charge in [-0.2, -0.15) is 0 Å². The zero-order valence-corrected chi connectivity index (χ0v) is 23.5. The third kappa shape index (κ3) is 3.58. The molecule has 2 nitrogen and oxygen atoms in total. The van der Waals surface area contributed by atoms with Gasteiger partial charge in [0.15, 0.2) is 0 Å². The second-order valence-electron chi connectivity index (χ2n) is 10.8. The van der Waals surface area contributed by atoms with Crippen LogP contribution in [0.3, 0.4) is 0 Å². The van der Waals surface area contributed by atoms with Crippen LogP contribution in [0, 0.1) is 0 Å². The maximum absolute atomic E-state index is 14.1. The van der Waals surface area contributed by atoms with Gasteiger partial charge in [-0.05, 0) is 73.2 Å². The van der Waals surface area contributed by atoms with E-state index < -0.39 is 7.14 Å². The summed E-state index contributed by atoms with van der Waals surface area (Å²) >= 11 is 0. The first-order valence-electron chi connectivity index (χ1n) is 13.9. The third-order valence-corrected chi connectivity index (χ3v) is 11.1. The number of fused-ring (bicyclic) bond motifs is 5. The van der Waals surface area contributed by atoms with Gasteiger partial charge in [0.25, 0.3) is 0 Å². The highest BCUT2D eigenvalue weighted by atomic mass is 31.2. The Hall–Kier alpha value is -4.78. The fourth-order valence-electron chi connectivity index (χ4n) is 6.67. The van der Waals surface area contributed by atoms with Gasteiger partial charge in [0.1, 0.15) is 7.14 Å². The molecule has 0 aliphatic carbocycles. The first-order valence-corrected chi connectivity index (χ1v) is 16.0. The van der Waals surface area contributed by atoms with Crippen molar-refractivity contribution in [1.82, 2.24) is 4.98 Å². The maximum atomic E-state index is 14.1. The first kappa shape index (κ1) is 24.1. The number of aromatic nitrogens is 1. The smallest absolute Gasteiger partial charge is 0.141 e. The van der Waals surface area contributed by atoms with Gasteiger partial charge < -0.3 is 4.57 Å². The SMILES string of the molecule is CP1(=O)c2ccccc2-c2c(-c3c4ccccc4c(-c4ccc(-c5cccnc5)cc4)c4ccccc34)cccc21. The monoisotopic (exact) mass is 543 g/mol. The van der Waals surface area contributed by atoms with Crippen molar-refractivity contribution < 1.29 is 4.57 Å². The second-order valence-corrected chi connectivity index (χ2v) is 13.6. The highest BCUT2D eigenvalue weighted by molar-refractivity contribution is 7.79. The molecule has 194 valence electrons. The van der Waals surface area contributed by atoms with Crippen molar-refractivity contribution in [2.24, 2.45) is 0 Å². The van der Waals surface area contributed by atoms with Crippen molar-refractivity contribution in [3.05, 3.63) is 140 Å². The fourth-order valence-corrected chi connectivity index (χ4v) is 8.98. The molecule has 41 heavy (non-hydrogen) atoms. The molecule has 0 bridgehead atoms. The van der Waals surface area contributed by atoms with E-state index in [1.54, 1.807) is 6.20 Å². The molecule has 0 saturated carbocycles. The van der Waals surface area contributed by atoms with Crippen molar-refractivity contribution in [2.75, 3.05) is 6.66 Å². The number of hydrogen-bond donors (Lipinski definition) is 0. The summed E-state index contributed by atoms with van der Waals surface area (Å²) in [6.45, 7) is 1.91. The summed E-state index contributed by atoms with van der Waals surface area (Å²) in [6.07, 6.45) is 3.71. The number of hydrogen-bond acceptors (Lipinski definition) is 2. The summed E-state index contributed by atoms with van der Waals surface area (Å²) < 4.78 is 14.1. The van der Waals surface area contributed by atoms with Crippen molar-refractivity contribution in [1.29, 1.82) is 0 Å². The quantitative estimate of drug-likeness (QED) is 0.164. The van der Waals surface area contributed by atoms with Crippen LogP contribution in [-0.4, -0.2) is 11.6 Å². The topological polar surface area (TPSA) is 30.0 Å². The lowest BCUT2D eigenvalue weighted by Gasteiger charge is -2.20. The van der Waals surface area contributed by atoms with E-state index in [0.29, 0.717) is 0 Å². The Kier molecular flexibility index (Phi) is 5.35. The second kappa shape index (κ2) is 9.13. The number of benzene rings is 6. The zero-order chi connectivity index (χ0) is 27.6. The summed E-state index contributed by atoms with van der Waals surface area (Å²) in [7, 11) is -2.68. The van der Waals surface area contributed by atoms with Crippen LogP contribution in [0.1, 0.15) is 0 Å². The predicted octanol–water partition coefficient (Wildman–Crippen LogP) is 9.31. The van der Waals surface area contributed by atoms with Crippen LogP contribution >= 0.6 is 7.14 Å². The molecule has 0 radical (unpaired) electrons. The molecule has 1 aliphatic rings. The van der Waals surface area contributed by atoms with Crippen LogP contribution in [0.2, 0.25) is 0 Å². The molecule has 0 saturated heterocycles. The van der Waals surface area contributed by atoms with E-state index in [9.17, 15) is 4.57 Å². The lowest BCUT2D eigenvalue weighted by Crippen LogP contribution is -2.08. The summed E-state index contributed by atoms with van der Waals surface area (Å²) in [6, 6.07) is 44.9. The Bertz CT molecular complexity index is 2130. The minimum atomic E-state index is -2.68. The standard InChI is InChI=1S/C38H26NOP/c1-41(40)34-17-7-6-15-32(34)38-33(16-8-18-35(38)41)37-30-13-4-2-11-28(30)36(29-12-3-5-14-31(29)37)26-21-19-25(20-22-26)27-10-9-23-39-24-27/h2-24H,1H3. The van der Waals surface area contributed by atoms with Crippen molar-refractivity contribution in [3.8, 4) is 44.5 Å². The van der Waals surface area contributed by atoms with Gasteiger partial charge in [-0.3, -0.25) is 4.98 Å². The van der Waals surface area contributed by atoms with Crippen LogP contribution in [0.25, 0.3) is 66.1 Å². The van der Waals surface area contributed by atoms with E-state index in [-0.39, 0.29) is 0 Å². The van der Waals surface area contributed by atoms with Gasteiger partial charge in [0.2, 0.25) is 0 Å². The summed E-state index contributed by atoms with van der Waals surface area (Å²) in [5, 5.41) is 6.72. The van der Waals surface area contributed by atoms with Crippen LogP contribution in [-0.2, 0) is 4.57 Å². The van der Waals surface area contributed by atoms with Gasteiger partial charge in [0.05, 0.1) is 0 Å². The highest BCUT2D eigenvalue weighted by Crippen LogP contribution is 2.54. The van der Waals surface area contributed by atoms with Crippen LogP contribution in [0.5, 0.6) is 0 Å². The molecule has 1 aliphatic heterocycles. The Morgan fingerprint density at radius 2 is 1.02 bits per heavy atom. The van der Waals surface area contributed by atoms with Crippen molar-refractivity contribution >= 4 is 39.3 Å². The molecule has 2 heterocycles. The molecule has 1 unspecified atom stereocenters. The summed E-state index contributed by atoms with van der Waals surface area (Å²) in [5.41, 5.74) is 9.20. The van der Waals surface area contributed by atoms with E-state index in [4.69, 9.17) is 0 Å². The number of pyridine rings is 1. The molecular weight excluding hydrogens is 517 g/mol. The largest absolute Gasteiger partial charge is 0.314 e. The molecule has 8 rings (SSSR count). The van der Waals surface area contributed by atoms with Crippen molar-refractivity contribution in [3.63, 3.8) is 0 Å². The van der Waals surface area contributed by atoms with E-state index in [2.05, 4.69) is 114 Å². The molecule has 6 aromatic carbocycles. The molecular formula is C38H26NOP. The molecule has 3 heteroatoms. The minimum absolute atomic E-state index is 0.958. The van der Waals surface area contributed by atoms with Crippen LogP contribution in [0.15, 0.2) is 140 Å². The summed E-state index contributed by atoms with van der Waals surface area (Å²) in [5.74, 6) is 0. The average Bonchev–Trinajstić information content (AvgIpc) is 3.27. The Morgan fingerprint density at radius 3 is 1.68 bits per heavy atom. The third-order valence-electron chi connectivity index (χ3n) is 8.50. The Labute approximate surface area is 239 Å². The minimum Gasteiger partial charge on any atom is -0.314 e.